The van der Waals surface area contributed by atoms with Gasteiger partial charge in [-0.15, -0.1) is 0 Å². The van der Waals surface area contributed by atoms with E-state index in [0.29, 0.717) is 19.7 Å². The van der Waals surface area contributed by atoms with E-state index in [9.17, 15) is 9.59 Å². The fourth-order valence-corrected chi connectivity index (χ4v) is 3.22. The molecule has 2 amide bonds. The molecule has 29 heavy (non-hydrogen) atoms. The van der Waals surface area contributed by atoms with Crippen LogP contribution in [0, 0.1) is 0 Å². The van der Waals surface area contributed by atoms with E-state index in [1.807, 2.05) is 54.6 Å². The third kappa shape index (κ3) is 6.15. The van der Waals surface area contributed by atoms with Crippen LogP contribution in [0.25, 0.3) is 0 Å². The molecule has 3 rings (SSSR count). The standard InChI is InChI=1S/C22H24BrN3O3/c1-25(15-16-29-19-9-7-18(23)8-10-19)21(27)11-12-22(28)26-14-13-20(24-26)17-5-3-2-4-6-17/h2-10H,11-16H2,1H3. The Morgan fingerprint density at radius 1 is 1.10 bits per heavy atom. The van der Waals surface area contributed by atoms with Gasteiger partial charge < -0.3 is 9.64 Å². The first kappa shape index (κ1) is 21.0. The zero-order valence-electron chi connectivity index (χ0n) is 16.4. The van der Waals surface area contributed by atoms with Gasteiger partial charge in [-0.25, -0.2) is 5.01 Å². The van der Waals surface area contributed by atoms with E-state index in [2.05, 4.69) is 21.0 Å². The van der Waals surface area contributed by atoms with E-state index in [-0.39, 0.29) is 24.7 Å². The number of hydrogen-bond donors (Lipinski definition) is 0. The van der Waals surface area contributed by atoms with Crippen LogP contribution in [0.5, 0.6) is 5.75 Å². The van der Waals surface area contributed by atoms with Gasteiger partial charge in [0.1, 0.15) is 12.4 Å². The molecule has 1 aliphatic rings. The third-order valence-electron chi connectivity index (χ3n) is 4.68. The second kappa shape index (κ2) is 10.2. The number of halogens is 1. The normalized spacial score (nSPS) is 13.2. The number of carbonyl (C=O) groups excluding carboxylic acids is 2. The number of rotatable bonds is 8. The van der Waals surface area contributed by atoms with Crippen LogP contribution >= 0.6 is 15.9 Å². The Morgan fingerprint density at radius 3 is 2.55 bits per heavy atom. The van der Waals surface area contributed by atoms with Crippen molar-refractivity contribution in [2.24, 2.45) is 5.10 Å². The maximum absolute atomic E-state index is 12.4. The summed E-state index contributed by atoms with van der Waals surface area (Å²) in [4.78, 5) is 26.3. The van der Waals surface area contributed by atoms with Crippen LogP contribution in [-0.2, 0) is 9.59 Å². The highest BCUT2D eigenvalue weighted by Crippen LogP contribution is 2.17. The van der Waals surface area contributed by atoms with Gasteiger partial charge in [-0.05, 0) is 29.8 Å². The van der Waals surface area contributed by atoms with Crippen molar-refractivity contribution in [3.63, 3.8) is 0 Å². The quantitative estimate of drug-likeness (QED) is 0.606. The smallest absolute Gasteiger partial charge is 0.243 e. The SMILES string of the molecule is CN(CCOc1ccc(Br)cc1)C(=O)CCC(=O)N1CCC(c2ccccc2)=N1. The summed E-state index contributed by atoms with van der Waals surface area (Å²) >= 11 is 3.38. The molecule has 0 N–H and O–H groups in total. The summed E-state index contributed by atoms with van der Waals surface area (Å²) in [6.07, 6.45) is 1.06. The Balaban J connectivity index is 1.39. The van der Waals surface area contributed by atoms with E-state index in [1.165, 1.54) is 5.01 Å². The first-order chi connectivity index (χ1) is 14.0. The molecular weight excluding hydrogens is 434 g/mol. The van der Waals surface area contributed by atoms with Crippen molar-refractivity contribution in [3.05, 3.63) is 64.6 Å². The Morgan fingerprint density at radius 2 is 1.83 bits per heavy atom. The lowest BCUT2D eigenvalue weighted by atomic mass is 10.1. The van der Waals surface area contributed by atoms with Gasteiger partial charge in [0.2, 0.25) is 11.8 Å². The summed E-state index contributed by atoms with van der Waals surface area (Å²) in [5, 5.41) is 5.90. The Kier molecular flexibility index (Phi) is 7.41. The topological polar surface area (TPSA) is 62.2 Å². The first-order valence-corrected chi connectivity index (χ1v) is 10.4. The van der Waals surface area contributed by atoms with E-state index >= 15 is 0 Å². The van der Waals surface area contributed by atoms with E-state index in [4.69, 9.17) is 4.74 Å². The van der Waals surface area contributed by atoms with Crippen LogP contribution in [0.15, 0.2) is 64.2 Å². The summed E-state index contributed by atoms with van der Waals surface area (Å²) in [5.74, 6) is 0.554. The number of hydrazone groups is 1. The molecule has 2 aromatic carbocycles. The Labute approximate surface area is 179 Å². The number of ether oxygens (including phenoxy) is 1. The van der Waals surface area contributed by atoms with E-state index in [1.54, 1.807) is 11.9 Å². The van der Waals surface area contributed by atoms with Gasteiger partial charge >= 0.3 is 0 Å². The summed E-state index contributed by atoms with van der Waals surface area (Å²) < 4.78 is 6.62. The molecule has 0 fully saturated rings. The minimum atomic E-state index is -0.121. The number of amides is 2. The predicted molar refractivity (Wildman–Crippen MR) is 116 cm³/mol. The van der Waals surface area contributed by atoms with Crippen LogP contribution in [-0.4, -0.2) is 54.2 Å². The lowest BCUT2D eigenvalue weighted by molar-refractivity contribution is -0.136. The molecule has 0 spiro atoms. The molecule has 1 heterocycles. The Bertz CT molecular complexity index is 869. The highest BCUT2D eigenvalue weighted by atomic mass is 79.9. The van der Waals surface area contributed by atoms with Crippen molar-refractivity contribution in [1.29, 1.82) is 0 Å². The Hall–Kier alpha value is -2.67. The molecule has 152 valence electrons. The zero-order valence-corrected chi connectivity index (χ0v) is 18.0. The molecule has 0 radical (unpaired) electrons. The summed E-state index contributed by atoms with van der Waals surface area (Å²) in [5.41, 5.74) is 1.94. The molecule has 0 aliphatic carbocycles. The molecule has 0 saturated heterocycles. The van der Waals surface area contributed by atoms with Gasteiger partial charge in [-0.2, -0.15) is 5.10 Å². The summed E-state index contributed by atoms with van der Waals surface area (Å²) in [7, 11) is 1.72. The zero-order chi connectivity index (χ0) is 20.6. The summed E-state index contributed by atoms with van der Waals surface area (Å²) in [6, 6.07) is 17.4. The average molecular weight is 458 g/mol. The van der Waals surface area contributed by atoms with Crippen molar-refractivity contribution >= 4 is 33.5 Å². The number of nitrogens with zero attached hydrogens (tertiary/aromatic N) is 3. The fraction of sp³-hybridized carbons (Fsp3) is 0.318. The summed E-state index contributed by atoms with van der Waals surface area (Å²) in [6.45, 7) is 1.42. The molecular formula is C22H24BrN3O3. The van der Waals surface area contributed by atoms with Gasteiger partial charge in [0, 0.05) is 30.8 Å². The van der Waals surface area contributed by atoms with Crippen molar-refractivity contribution < 1.29 is 14.3 Å². The van der Waals surface area contributed by atoms with E-state index < -0.39 is 0 Å². The van der Waals surface area contributed by atoms with Gasteiger partial charge in [-0.3, -0.25) is 9.59 Å². The van der Waals surface area contributed by atoms with Crippen LogP contribution in [0.1, 0.15) is 24.8 Å². The van der Waals surface area contributed by atoms with Crippen LogP contribution < -0.4 is 4.74 Å². The molecule has 0 saturated carbocycles. The maximum Gasteiger partial charge on any atom is 0.243 e. The molecule has 6 nitrogen and oxygen atoms in total. The van der Waals surface area contributed by atoms with Crippen molar-refractivity contribution in [2.75, 3.05) is 26.7 Å². The average Bonchev–Trinajstić information content (AvgIpc) is 3.24. The minimum Gasteiger partial charge on any atom is -0.492 e. The fourth-order valence-electron chi connectivity index (χ4n) is 2.96. The van der Waals surface area contributed by atoms with Gasteiger partial charge in [0.15, 0.2) is 0 Å². The lowest BCUT2D eigenvalue weighted by Gasteiger charge is -2.18. The molecule has 0 atom stereocenters. The highest BCUT2D eigenvalue weighted by Gasteiger charge is 2.22. The first-order valence-electron chi connectivity index (χ1n) is 9.58. The minimum absolute atomic E-state index is 0.0794. The van der Waals surface area contributed by atoms with E-state index in [0.717, 1.165) is 27.9 Å². The van der Waals surface area contributed by atoms with Crippen molar-refractivity contribution in [2.45, 2.75) is 19.3 Å². The molecule has 0 unspecified atom stereocenters. The van der Waals surface area contributed by atoms with Crippen LogP contribution in [0.4, 0.5) is 0 Å². The van der Waals surface area contributed by atoms with Gasteiger partial charge in [0.05, 0.1) is 18.8 Å². The molecule has 0 aromatic heterocycles. The predicted octanol–water partition coefficient (Wildman–Crippen LogP) is 3.70. The number of likely N-dealkylation sites (N-methyl/N-ethyl adjacent to an activating group) is 1. The number of hydrogen-bond acceptors (Lipinski definition) is 4. The third-order valence-corrected chi connectivity index (χ3v) is 5.21. The number of benzene rings is 2. The van der Waals surface area contributed by atoms with Crippen molar-refractivity contribution in [1.82, 2.24) is 9.91 Å². The second-order valence-corrected chi connectivity index (χ2v) is 7.71. The maximum atomic E-state index is 12.4. The van der Waals surface area contributed by atoms with Gasteiger partial charge in [0.25, 0.3) is 0 Å². The molecule has 2 aromatic rings. The highest BCUT2D eigenvalue weighted by molar-refractivity contribution is 9.10. The van der Waals surface area contributed by atoms with Crippen LogP contribution in [0.2, 0.25) is 0 Å². The largest absolute Gasteiger partial charge is 0.492 e. The molecule has 0 bridgehead atoms. The molecule has 1 aliphatic heterocycles. The monoisotopic (exact) mass is 457 g/mol. The van der Waals surface area contributed by atoms with Gasteiger partial charge in [-0.1, -0.05) is 46.3 Å². The second-order valence-electron chi connectivity index (χ2n) is 6.80. The lowest BCUT2D eigenvalue weighted by Crippen LogP contribution is -2.32. The van der Waals surface area contributed by atoms with Crippen LogP contribution in [0.3, 0.4) is 0 Å². The van der Waals surface area contributed by atoms with Crippen molar-refractivity contribution in [3.8, 4) is 5.75 Å². The number of carbonyl (C=O) groups is 2. The molecule has 7 heteroatoms.